The van der Waals surface area contributed by atoms with Crippen molar-refractivity contribution >= 4 is 41.9 Å². The van der Waals surface area contributed by atoms with E-state index >= 15 is 0 Å². The van der Waals surface area contributed by atoms with Gasteiger partial charge in [-0.1, -0.05) is 66.9 Å². The summed E-state index contributed by atoms with van der Waals surface area (Å²) in [4.78, 5) is 0.127. The average Bonchev–Trinajstić information content (AvgIpc) is 2.90. The molecule has 7 heteroatoms. The van der Waals surface area contributed by atoms with Crippen molar-refractivity contribution in [3.8, 4) is 11.3 Å². The molecule has 1 heterocycles. The second kappa shape index (κ2) is 9.20. The third-order valence-corrected chi connectivity index (χ3v) is 9.58. The Morgan fingerprint density at radius 1 is 0.938 bits per heavy atom. The number of nitrogens with zero attached hydrogens (tertiary/aromatic N) is 1. The van der Waals surface area contributed by atoms with E-state index in [-0.39, 0.29) is 15.7 Å². The second-order valence-electron chi connectivity index (χ2n) is 11.2. The lowest BCUT2D eigenvalue weighted by atomic mass is 9.79. The van der Waals surface area contributed by atoms with E-state index in [0.717, 1.165) is 17.8 Å². The molecular formula is C25H36Br2N2O2S. The van der Waals surface area contributed by atoms with Crippen LogP contribution < -0.4 is 5.14 Å². The Morgan fingerprint density at radius 3 is 1.88 bits per heavy atom. The molecule has 2 N–H and O–H groups in total. The van der Waals surface area contributed by atoms with Crippen LogP contribution in [0.2, 0.25) is 0 Å². The molecule has 0 unspecified atom stereocenters. The van der Waals surface area contributed by atoms with Gasteiger partial charge in [0.25, 0.3) is 0 Å². The van der Waals surface area contributed by atoms with Crippen molar-refractivity contribution in [2.24, 2.45) is 11.1 Å². The Kier molecular flexibility index (Phi) is 7.47. The number of benzene rings is 1. The van der Waals surface area contributed by atoms with E-state index in [0.29, 0.717) is 15.0 Å². The highest BCUT2D eigenvalue weighted by molar-refractivity contribution is 9.11. The number of nitrogens with two attached hydrogens (primary N) is 1. The molecule has 32 heavy (non-hydrogen) atoms. The van der Waals surface area contributed by atoms with E-state index < -0.39 is 10.0 Å². The van der Waals surface area contributed by atoms with E-state index in [9.17, 15) is 8.42 Å². The van der Waals surface area contributed by atoms with Crippen molar-refractivity contribution in [2.45, 2.75) is 95.9 Å². The first-order valence-electron chi connectivity index (χ1n) is 11.4. The standard InChI is InChI=1S/C25H36Br2N2O2S/c1-24(2,3)18-12-17(13-19(14-18)25(4,5)6)21-20(26)22(32(28,30)31)23(27)29(21)15-16-10-8-7-9-11-16/h12-14,16H,7-11,15H2,1-6H3,(H2,28,30,31). The summed E-state index contributed by atoms with van der Waals surface area (Å²) >= 11 is 7.23. The lowest BCUT2D eigenvalue weighted by molar-refractivity contribution is 0.318. The van der Waals surface area contributed by atoms with E-state index in [4.69, 9.17) is 5.14 Å². The van der Waals surface area contributed by atoms with Crippen molar-refractivity contribution < 1.29 is 8.42 Å². The fourth-order valence-corrected chi connectivity index (χ4v) is 7.95. The monoisotopic (exact) mass is 586 g/mol. The number of aromatic nitrogens is 1. The Hall–Kier alpha value is -0.630. The molecule has 1 saturated carbocycles. The largest absolute Gasteiger partial charge is 0.333 e. The molecule has 0 radical (unpaired) electrons. The Balaban J connectivity index is 2.30. The van der Waals surface area contributed by atoms with Gasteiger partial charge in [-0.3, -0.25) is 0 Å². The minimum atomic E-state index is -3.91. The molecule has 1 aromatic carbocycles. The molecule has 0 spiro atoms. The Morgan fingerprint density at radius 2 is 1.44 bits per heavy atom. The summed E-state index contributed by atoms with van der Waals surface area (Å²) in [6, 6.07) is 6.68. The zero-order valence-corrected chi connectivity index (χ0v) is 24.0. The van der Waals surface area contributed by atoms with Gasteiger partial charge in [0, 0.05) is 6.54 Å². The number of halogens is 2. The predicted molar refractivity (Wildman–Crippen MR) is 141 cm³/mol. The molecule has 178 valence electrons. The normalized spacial score (nSPS) is 16.5. The van der Waals surface area contributed by atoms with Gasteiger partial charge in [-0.05, 0) is 90.3 Å². The zero-order chi connectivity index (χ0) is 24.1. The Bertz CT molecular complexity index is 1070. The number of sulfonamides is 1. The molecule has 0 amide bonds. The lowest BCUT2D eigenvalue weighted by Crippen LogP contribution is -2.18. The number of hydrogen-bond donors (Lipinski definition) is 1. The molecule has 2 aromatic rings. The number of primary sulfonamides is 1. The topological polar surface area (TPSA) is 65.1 Å². The summed E-state index contributed by atoms with van der Waals surface area (Å²) in [7, 11) is -3.91. The van der Waals surface area contributed by atoms with Gasteiger partial charge in [0.1, 0.15) is 9.50 Å². The SMILES string of the molecule is CC(C)(C)c1cc(-c2c(Br)c(S(N)(=O)=O)c(Br)n2CC2CCCCC2)cc(C(C)(C)C)c1. The maximum Gasteiger partial charge on any atom is 0.241 e. The van der Waals surface area contributed by atoms with Crippen LogP contribution in [0.1, 0.15) is 84.8 Å². The van der Waals surface area contributed by atoms with Crippen LogP contribution in [-0.2, 0) is 27.4 Å². The quantitative estimate of drug-likeness (QED) is 0.402. The van der Waals surface area contributed by atoms with Crippen LogP contribution >= 0.6 is 31.9 Å². The molecule has 1 aliphatic rings. The first kappa shape index (κ1) is 26.0. The van der Waals surface area contributed by atoms with Gasteiger partial charge in [-0.15, -0.1) is 0 Å². The highest BCUT2D eigenvalue weighted by Crippen LogP contribution is 2.44. The maximum atomic E-state index is 12.5. The summed E-state index contributed by atoms with van der Waals surface area (Å²) in [5.74, 6) is 0.527. The van der Waals surface area contributed by atoms with Crippen LogP contribution in [0.5, 0.6) is 0 Å². The van der Waals surface area contributed by atoms with Gasteiger partial charge in [0.2, 0.25) is 10.0 Å². The molecule has 1 aromatic heterocycles. The van der Waals surface area contributed by atoms with Crippen LogP contribution in [0.4, 0.5) is 0 Å². The number of rotatable bonds is 4. The molecule has 0 saturated heterocycles. The lowest BCUT2D eigenvalue weighted by Gasteiger charge is -2.27. The van der Waals surface area contributed by atoms with Gasteiger partial charge in [0.05, 0.1) is 10.2 Å². The van der Waals surface area contributed by atoms with E-state index in [1.807, 2.05) is 0 Å². The third kappa shape index (κ3) is 5.53. The first-order valence-corrected chi connectivity index (χ1v) is 14.5. The number of hydrogen-bond acceptors (Lipinski definition) is 2. The summed E-state index contributed by atoms with van der Waals surface area (Å²) in [5, 5.41) is 5.65. The summed E-state index contributed by atoms with van der Waals surface area (Å²) in [6.45, 7) is 14.0. The van der Waals surface area contributed by atoms with Crippen LogP contribution in [0, 0.1) is 5.92 Å². The predicted octanol–water partition coefficient (Wildman–Crippen LogP) is 7.50. The Labute approximate surface area is 210 Å². The van der Waals surface area contributed by atoms with E-state index in [1.54, 1.807) is 0 Å². The van der Waals surface area contributed by atoms with Crippen molar-refractivity contribution in [2.75, 3.05) is 0 Å². The maximum absolute atomic E-state index is 12.5. The zero-order valence-electron chi connectivity index (χ0n) is 20.1. The fourth-order valence-electron chi connectivity index (χ4n) is 4.49. The smallest absolute Gasteiger partial charge is 0.241 e. The summed E-state index contributed by atoms with van der Waals surface area (Å²) in [6.07, 6.45) is 6.08. The van der Waals surface area contributed by atoms with Crippen molar-refractivity contribution in [3.05, 3.63) is 38.4 Å². The van der Waals surface area contributed by atoms with Gasteiger partial charge >= 0.3 is 0 Å². The van der Waals surface area contributed by atoms with Crippen LogP contribution in [-0.4, -0.2) is 13.0 Å². The van der Waals surface area contributed by atoms with Gasteiger partial charge in [0.15, 0.2) is 0 Å². The van der Waals surface area contributed by atoms with Gasteiger partial charge in [-0.2, -0.15) is 0 Å². The minimum Gasteiger partial charge on any atom is -0.333 e. The second-order valence-corrected chi connectivity index (χ2v) is 14.3. The first-order chi connectivity index (χ1) is 14.6. The molecular weight excluding hydrogens is 552 g/mol. The minimum absolute atomic E-state index is 0.0384. The summed E-state index contributed by atoms with van der Waals surface area (Å²) < 4.78 is 28.2. The third-order valence-electron chi connectivity index (χ3n) is 6.49. The highest BCUT2D eigenvalue weighted by Gasteiger charge is 2.30. The van der Waals surface area contributed by atoms with Gasteiger partial charge in [-0.25, -0.2) is 13.6 Å². The van der Waals surface area contributed by atoms with Crippen molar-refractivity contribution in [1.29, 1.82) is 0 Å². The van der Waals surface area contributed by atoms with Gasteiger partial charge < -0.3 is 4.57 Å². The molecule has 3 rings (SSSR count). The summed E-state index contributed by atoms with van der Waals surface area (Å²) in [5.41, 5.74) is 4.27. The van der Waals surface area contributed by atoms with Crippen LogP contribution in [0.3, 0.4) is 0 Å². The van der Waals surface area contributed by atoms with Crippen molar-refractivity contribution in [1.82, 2.24) is 4.57 Å². The van der Waals surface area contributed by atoms with Crippen molar-refractivity contribution in [3.63, 3.8) is 0 Å². The van der Waals surface area contributed by atoms with Crippen LogP contribution in [0.25, 0.3) is 11.3 Å². The molecule has 1 aliphatic carbocycles. The molecule has 1 fully saturated rings. The molecule has 0 atom stereocenters. The molecule has 4 nitrogen and oxygen atoms in total. The van der Waals surface area contributed by atoms with E-state index in [2.05, 4.69) is 96.2 Å². The average molecular weight is 588 g/mol. The highest BCUT2D eigenvalue weighted by atomic mass is 79.9. The van der Waals surface area contributed by atoms with Crippen LogP contribution in [0.15, 0.2) is 32.2 Å². The fraction of sp³-hybridized carbons (Fsp3) is 0.600. The molecule has 0 aliphatic heterocycles. The van der Waals surface area contributed by atoms with E-state index in [1.165, 1.54) is 43.2 Å². The molecule has 0 bridgehead atoms.